The van der Waals surface area contributed by atoms with E-state index in [0.717, 1.165) is 0 Å². The van der Waals surface area contributed by atoms with Crippen molar-refractivity contribution in [3.05, 3.63) is 54.3 Å². The molecule has 0 aromatic heterocycles. The van der Waals surface area contributed by atoms with Crippen molar-refractivity contribution in [2.24, 2.45) is 0 Å². The standard InChI is InChI=1S/C23H27FN4O3/c1-4-19(23(31)25-17-11-9-16(24)10-12-17)27(3)14-22(30)28-15(2)13-21(29)26-18-7-5-6-8-20(18)28/h5-12,15,19H,4,13-14H2,1-3H3,(H,25,31)(H,26,29)/t15-,19+/m1/s1. The number of amides is 3. The van der Waals surface area contributed by atoms with Crippen LogP contribution in [-0.2, 0) is 14.4 Å². The molecule has 0 saturated heterocycles. The van der Waals surface area contributed by atoms with Crippen molar-refractivity contribution < 1.29 is 18.8 Å². The van der Waals surface area contributed by atoms with Gasteiger partial charge in [-0.25, -0.2) is 4.39 Å². The van der Waals surface area contributed by atoms with Gasteiger partial charge in [0.2, 0.25) is 17.7 Å². The molecule has 0 saturated carbocycles. The van der Waals surface area contributed by atoms with Crippen LogP contribution in [0.1, 0.15) is 26.7 Å². The van der Waals surface area contributed by atoms with Crippen molar-refractivity contribution in [2.75, 3.05) is 29.1 Å². The number of benzene rings is 2. The number of hydrogen-bond donors (Lipinski definition) is 2. The summed E-state index contributed by atoms with van der Waals surface area (Å²) >= 11 is 0. The van der Waals surface area contributed by atoms with Crippen molar-refractivity contribution in [1.82, 2.24) is 4.90 Å². The summed E-state index contributed by atoms with van der Waals surface area (Å²) in [6, 6.07) is 11.8. The highest BCUT2D eigenvalue weighted by Gasteiger charge is 2.31. The fraction of sp³-hybridized carbons (Fsp3) is 0.348. The van der Waals surface area contributed by atoms with Crippen molar-refractivity contribution in [2.45, 2.75) is 38.8 Å². The molecule has 0 aliphatic carbocycles. The summed E-state index contributed by atoms with van der Waals surface area (Å²) in [5.41, 5.74) is 1.72. The summed E-state index contributed by atoms with van der Waals surface area (Å²) in [5, 5.41) is 5.60. The predicted molar refractivity (Wildman–Crippen MR) is 118 cm³/mol. The molecule has 0 bridgehead atoms. The highest BCUT2D eigenvalue weighted by molar-refractivity contribution is 6.05. The summed E-state index contributed by atoms with van der Waals surface area (Å²) in [4.78, 5) is 41.5. The van der Waals surface area contributed by atoms with Crippen LogP contribution in [0.4, 0.5) is 21.5 Å². The lowest BCUT2D eigenvalue weighted by Gasteiger charge is -2.32. The van der Waals surface area contributed by atoms with Gasteiger partial charge in [-0.15, -0.1) is 0 Å². The maximum Gasteiger partial charge on any atom is 0.241 e. The van der Waals surface area contributed by atoms with E-state index in [1.807, 2.05) is 19.9 Å². The second-order valence-corrected chi connectivity index (χ2v) is 7.72. The molecule has 3 rings (SSSR count). The number of nitrogens with one attached hydrogen (secondary N) is 2. The summed E-state index contributed by atoms with van der Waals surface area (Å²) in [6.45, 7) is 3.70. The van der Waals surface area contributed by atoms with E-state index in [0.29, 0.717) is 23.5 Å². The Labute approximate surface area is 181 Å². The molecule has 3 amide bonds. The van der Waals surface area contributed by atoms with E-state index >= 15 is 0 Å². The van der Waals surface area contributed by atoms with E-state index in [1.165, 1.54) is 24.3 Å². The lowest BCUT2D eigenvalue weighted by atomic mass is 10.1. The highest BCUT2D eigenvalue weighted by atomic mass is 19.1. The van der Waals surface area contributed by atoms with Gasteiger partial charge in [0.15, 0.2) is 0 Å². The average molecular weight is 426 g/mol. The lowest BCUT2D eigenvalue weighted by molar-refractivity contribution is -0.124. The topological polar surface area (TPSA) is 81.8 Å². The van der Waals surface area contributed by atoms with Crippen LogP contribution < -0.4 is 15.5 Å². The molecule has 164 valence electrons. The van der Waals surface area contributed by atoms with E-state index in [4.69, 9.17) is 0 Å². The number of carbonyl (C=O) groups excluding carboxylic acids is 3. The zero-order chi connectivity index (χ0) is 22.5. The highest BCUT2D eigenvalue weighted by Crippen LogP contribution is 2.31. The zero-order valence-corrected chi connectivity index (χ0v) is 17.9. The number of hydrogen-bond acceptors (Lipinski definition) is 4. The Morgan fingerprint density at radius 1 is 1.23 bits per heavy atom. The number of para-hydroxylation sites is 2. The summed E-state index contributed by atoms with van der Waals surface area (Å²) in [7, 11) is 1.72. The monoisotopic (exact) mass is 426 g/mol. The van der Waals surface area contributed by atoms with Gasteiger partial charge in [0.25, 0.3) is 0 Å². The minimum atomic E-state index is -0.550. The molecule has 2 aromatic carbocycles. The first-order chi connectivity index (χ1) is 14.8. The van der Waals surface area contributed by atoms with Crippen LogP contribution in [0.5, 0.6) is 0 Å². The van der Waals surface area contributed by atoms with Crippen LogP contribution in [0, 0.1) is 5.82 Å². The van der Waals surface area contributed by atoms with E-state index in [1.54, 1.807) is 35.0 Å². The fourth-order valence-corrected chi connectivity index (χ4v) is 3.82. The first-order valence-electron chi connectivity index (χ1n) is 10.3. The van der Waals surface area contributed by atoms with Gasteiger partial charge in [0.05, 0.1) is 24.0 Å². The maximum absolute atomic E-state index is 13.3. The van der Waals surface area contributed by atoms with Gasteiger partial charge in [-0.2, -0.15) is 0 Å². The Morgan fingerprint density at radius 3 is 2.58 bits per heavy atom. The minimum Gasteiger partial charge on any atom is -0.325 e. The van der Waals surface area contributed by atoms with Crippen LogP contribution >= 0.6 is 0 Å². The van der Waals surface area contributed by atoms with Gasteiger partial charge in [-0.05, 0) is 56.8 Å². The zero-order valence-electron chi connectivity index (χ0n) is 17.9. The minimum absolute atomic E-state index is 0.00219. The van der Waals surface area contributed by atoms with Crippen LogP contribution in [0.3, 0.4) is 0 Å². The Hall–Kier alpha value is -3.26. The first-order valence-corrected chi connectivity index (χ1v) is 10.3. The molecule has 2 aromatic rings. The molecule has 0 spiro atoms. The normalized spacial score (nSPS) is 16.9. The molecule has 8 heteroatoms. The van der Waals surface area contributed by atoms with Crippen LogP contribution in [0.15, 0.2) is 48.5 Å². The molecular formula is C23H27FN4O3. The van der Waals surface area contributed by atoms with Crippen LogP contribution in [0.2, 0.25) is 0 Å². The van der Waals surface area contributed by atoms with E-state index < -0.39 is 6.04 Å². The van der Waals surface area contributed by atoms with Gasteiger partial charge in [-0.1, -0.05) is 19.1 Å². The Balaban J connectivity index is 1.74. The van der Waals surface area contributed by atoms with Crippen molar-refractivity contribution in [3.63, 3.8) is 0 Å². The van der Waals surface area contributed by atoms with E-state index in [-0.39, 0.29) is 42.5 Å². The average Bonchev–Trinajstić information content (AvgIpc) is 2.84. The first kappa shape index (κ1) is 22.4. The third kappa shape index (κ3) is 5.27. The molecule has 0 radical (unpaired) electrons. The molecule has 1 aliphatic rings. The summed E-state index contributed by atoms with van der Waals surface area (Å²) in [6.07, 6.45) is 0.676. The molecule has 0 unspecified atom stereocenters. The Kier molecular flexibility index (Phi) is 7.02. The molecule has 1 heterocycles. The molecule has 7 nitrogen and oxygen atoms in total. The van der Waals surface area contributed by atoms with Crippen molar-refractivity contribution in [3.8, 4) is 0 Å². The summed E-state index contributed by atoms with van der Waals surface area (Å²) in [5.74, 6) is -1.00. The number of likely N-dealkylation sites (N-methyl/N-ethyl adjacent to an activating group) is 1. The number of carbonyl (C=O) groups is 3. The molecular weight excluding hydrogens is 399 g/mol. The molecule has 2 atom stereocenters. The third-order valence-electron chi connectivity index (χ3n) is 5.35. The maximum atomic E-state index is 13.3. The lowest BCUT2D eigenvalue weighted by Crippen LogP contribution is -2.49. The van der Waals surface area contributed by atoms with Crippen LogP contribution in [0.25, 0.3) is 0 Å². The Morgan fingerprint density at radius 2 is 1.90 bits per heavy atom. The second-order valence-electron chi connectivity index (χ2n) is 7.72. The Bertz CT molecular complexity index is 964. The summed E-state index contributed by atoms with van der Waals surface area (Å²) < 4.78 is 13.1. The number of rotatable bonds is 6. The fourth-order valence-electron chi connectivity index (χ4n) is 3.82. The van der Waals surface area contributed by atoms with E-state index in [9.17, 15) is 18.8 Å². The smallest absolute Gasteiger partial charge is 0.241 e. The number of halogens is 1. The van der Waals surface area contributed by atoms with Gasteiger partial charge >= 0.3 is 0 Å². The molecule has 0 fully saturated rings. The van der Waals surface area contributed by atoms with Crippen molar-refractivity contribution >= 4 is 34.8 Å². The van der Waals surface area contributed by atoms with E-state index in [2.05, 4.69) is 10.6 Å². The molecule has 1 aliphatic heterocycles. The number of anilines is 3. The van der Waals surface area contributed by atoms with Crippen LogP contribution in [-0.4, -0.2) is 48.3 Å². The quantitative estimate of drug-likeness (QED) is 0.743. The third-order valence-corrected chi connectivity index (χ3v) is 5.35. The largest absolute Gasteiger partial charge is 0.325 e. The van der Waals surface area contributed by atoms with Gasteiger partial charge in [0, 0.05) is 18.2 Å². The van der Waals surface area contributed by atoms with Gasteiger partial charge < -0.3 is 15.5 Å². The second kappa shape index (κ2) is 9.70. The predicted octanol–water partition coefficient (Wildman–Crippen LogP) is 3.24. The molecule has 31 heavy (non-hydrogen) atoms. The number of nitrogens with zero attached hydrogens (tertiary/aromatic N) is 2. The SMILES string of the molecule is CC[C@@H](C(=O)Nc1ccc(F)cc1)N(C)CC(=O)N1c2ccccc2NC(=O)C[C@H]1C. The van der Waals surface area contributed by atoms with Gasteiger partial charge in [0.1, 0.15) is 5.82 Å². The van der Waals surface area contributed by atoms with Gasteiger partial charge in [-0.3, -0.25) is 19.3 Å². The number of fused-ring (bicyclic) bond motifs is 1. The van der Waals surface area contributed by atoms with Crippen molar-refractivity contribution in [1.29, 1.82) is 0 Å². The molecule has 2 N–H and O–H groups in total.